The largest absolute Gasteiger partial charge is 0.351 e. The van der Waals surface area contributed by atoms with E-state index in [0.29, 0.717) is 33.9 Å². The topological polar surface area (TPSA) is 44.9 Å². The summed E-state index contributed by atoms with van der Waals surface area (Å²) in [5.41, 5.74) is 2.64. The maximum atomic E-state index is 13.6. The van der Waals surface area contributed by atoms with Crippen molar-refractivity contribution in [1.29, 1.82) is 0 Å². The molecule has 1 aromatic heterocycles. The van der Waals surface area contributed by atoms with Crippen molar-refractivity contribution in [2.45, 2.75) is 13.8 Å². The molecule has 124 valence electrons. The van der Waals surface area contributed by atoms with Crippen molar-refractivity contribution in [1.82, 2.24) is 10.3 Å². The summed E-state index contributed by atoms with van der Waals surface area (Å²) in [6, 6.07) is 6.62. The first-order valence-electron chi connectivity index (χ1n) is 7.47. The van der Waals surface area contributed by atoms with Crippen LogP contribution in [-0.2, 0) is 0 Å². The second-order valence-corrected chi connectivity index (χ2v) is 5.95. The molecule has 0 radical (unpaired) electrons. The lowest BCUT2D eigenvalue weighted by molar-refractivity contribution is 0.0951. The minimum absolute atomic E-state index is 0.237. The van der Waals surface area contributed by atoms with Gasteiger partial charge in [-0.05, 0) is 49.2 Å². The maximum Gasteiger partial charge on any atom is 0.267 e. The summed E-state index contributed by atoms with van der Waals surface area (Å²) in [6.45, 7) is 4.12. The van der Waals surface area contributed by atoms with Crippen molar-refractivity contribution in [2.75, 3.05) is 6.54 Å². The molecule has 0 aliphatic carbocycles. The molecule has 0 spiro atoms. The molecule has 1 amide bonds. The normalized spacial score (nSPS) is 11.0. The Bertz CT molecular complexity index is 930. The number of amides is 1. The molecule has 3 aromatic rings. The first-order chi connectivity index (χ1) is 11.4. The number of H-pyrrole nitrogens is 1. The molecule has 3 rings (SSSR count). The number of aryl methyl sites for hydroxylation is 1. The number of rotatable bonds is 3. The molecule has 1 heterocycles. The van der Waals surface area contributed by atoms with Gasteiger partial charge < -0.3 is 10.3 Å². The van der Waals surface area contributed by atoms with Crippen LogP contribution in [0.2, 0.25) is 5.02 Å². The van der Waals surface area contributed by atoms with Crippen LogP contribution in [0.1, 0.15) is 23.0 Å². The zero-order chi connectivity index (χ0) is 17.4. The van der Waals surface area contributed by atoms with Crippen LogP contribution in [0.5, 0.6) is 0 Å². The minimum atomic E-state index is -0.676. The average Bonchev–Trinajstić information content (AvgIpc) is 2.83. The van der Waals surface area contributed by atoms with Crippen molar-refractivity contribution in [2.24, 2.45) is 0 Å². The Kier molecular flexibility index (Phi) is 4.28. The van der Waals surface area contributed by atoms with Gasteiger partial charge in [-0.2, -0.15) is 0 Å². The Hall–Kier alpha value is -2.40. The Balaban J connectivity index is 2.28. The molecule has 2 aromatic carbocycles. The number of aromatic amines is 1. The predicted octanol–water partition coefficient (Wildman–Crippen LogP) is 4.82. The Morgan fingerprint density at radius 1 is 1.17 bits per heavy atom. The van der Waals surface area contributed by atoms with Crippen LogP contribution < -0.4 is 5.32 Å². The van der Waals surface area contributed by atoms with E-state index in [-0.39, 0.29) is 5.91 Å². The van der Waals surface area contributed by atoms with E-state index in [4.69, 9.17) is 11.6 Å². The molecule has 0 bridgehead atoms. The zero-order valence-electron chi connectivity index (χ0n) is 13.1. The van der Waals surface area contributed by atoms with E-state index in [1.165, 1.54) is 12.1 Å². The lowest BCUT2D eigenvalue weighted by Gasteiger charge is -2.06. The van der Waals surface area contributed by atoms with Crippen molar-refractivity contribution < 1.29 is 13.6 Å². The van der Waals surface area contributed by atoms with Gasteiger partial charge in [0.1, 0.15) is 17.3 Å². The third-order valence-electron chi connectivity index (χ3n) is 3.87. The number of benzene rings is 2. The van der Waals surface area contributed by atoms with Gasteiger partial charge >= 0.3 is 0 Å². The Morgan fingerprint density at radius 2 is 1.83 bits per heavy atom. The number of aromatic nitrogens is 1. The molecule has 0 unspecified atom stereocenters. The Labute approximate surface area is 142 Å². The van der Waals surface area contributed by atoms with Gasteiger partial charge in [0.2, 0.25) is 0 Å². The fourth-order valence-corrected chi connectivity index (χ4v) is 3.02. The summed E-state index contributed by atoms with van der Waals surface area (Å²) in [4.78, 5) is 15.2. The Morgan fingerprint density at radius 3 is 2.46 bits per heavy atom. The molecule has 0 aliphatic heterocycles. The molecule has 0 atom stereocenters. The highest BCUT2D eigenvalue weighted by molar-refractivity contribution is 6.32. The standard InChI is InChI=1S/C18H15ClF2N2O/c1-3-22-18(24)16-9(2)14-6-11(19)7-15(17(14)23-16)10-4-12(20)8-13(21)5-10/h4-8,23H,3H2,1-2H3,(H,22,24). The van der Waals surface area contributed by atoms with Crippen LogP contribution in [0.4, 0.5) is 8.78 Å². The first kappa shape index (κ1) is 16.5. The van der Waals surface area contributed by atoms with Gasteiger partial charge in [-0.1, -0.05) is 11.6 Å². The lowest BCUT2D eigenvalue weighted by atomic mass is 10.0. The maximum absolute atomic E-state index is 13.6. The summed E-state index contributed by atoms with van der Waals surface area (Å²) in [5.74, 6) is -1.59. The highest BCUT2D eigenvalue weighted by atomic mass is 35.5. The third-order valence-corrected chi connectivity index (χ3v) is 4.09. The minimum Gasteiger partial charge on any atom is -0.351 e. The number of carbonyl (C=O) groups excluding carboxylic acids is 1. The third kappa shape index (κ3) is 2.87. The van der Waals surface area contributed by atoms with Crippen LogP contribution in [-0.4, -0.2) is 17.4 Å². The quantitative estimate of drug-likeness (QED) is 0.700. The number of carbonyl (C=O) groups is 1. The van der Waals surface area contributed by atoms with Gasteiger partial charge in [-0.15, -0.1) is 0 Å². The van der Waals surface area contributed by atoms with Crippen LogP contribution in [0, 0.1) is 18.6 Å². The summed E-state index contributed by atoms with van der Waals surface area (Å²) >= 11 is 6.17. The summed E-state index contributed by atoms with van der Waals surface area (Å²) < 4.78 is 27.2. The van der Waals surface area contributed by atoms with E-state index in [9.17, 15) is 13.6 Å². The van der Waals surface area contributed by atoms with Gasteiger partial charge in [-0.25, -0.2) is 8.78 Å². The lowest BCUT2D eigenvalue weighted by Crippen LogP contribution is -2.23. The second kappa shape index (κ2) is 6.24. The van der Waals surface area contributed by atoms with E-state index in [2.05, 4.69) is 10.3 Å². The van der Waals surface area contributed by atoms with Crippen molar-refractivity contribution in [3.8, 4) is 11.1 Å². The fourth-order valence-electron chi connectivity index (χ4n) is 2.80. The number of hydrogen-bond donors (Lipinski definition) is 2. The monoisotopic (exact) mass is 348 g/mol. The molecule has 0 saturated heterocycles. The molecule has 0 fully saturated rings. The SMILES string of the molecule is CCNC(=O)c1[nH]c2c(-c3cc(F)cc(F)c3)cc(Cl)cc2c1C. The fraction of sp³-hybridized carbons (Fsp3) is 0.167. The van der Waals surface area contributed by atoms with Crippen LogP contribution in [0.15, 0.2) is 30.3 Å². The summed E-state index contributed by atoms with van der Waals surface area (Å²) in [6.07, 6.45) is 0. The van der Waals surface area contributed by atoms with Gasteiger partial charge in [0.15, 0.2) is 0 Å². The molecule has 2 N–H and O–H groups in total. The van der Waals surface area contributed by atoms with Crippen LogP contribution in [0.3, 0.4) is 0 Å². The number of nitrogens with one attached hydrogen (secondary N) is 2. The molecule has 0 aliphatic rings. The van der Waals surface area contributed by atoms with Gasteiger partial charge in [0.25, 0.3) is 5.91 Å². The zero-order valence-corrected chi connectivity index (χ0v) is 13.9. The summed E-state index contributed by atoms with van der Waals surface area (Å²) in [5, 5.41) is 3.89. The average molecular weight is 349 g/mol. The molecule has 0 saturated carbocycles. The smallest absolute Gasteiger partial charge is 0.267 e. The predicted molar refractivity (Wildman–Crippen MR) is 91.4 cm³/mol. The molecule has 24 heavy (non-hydrogen) atoms. The van der Waals surface area contributed by atoms with E-state index in [1.807, 2.05) is 6.92 Å². The van der Waals surface area contributed by atoms with Gasteiger partial charge in [0, 0.05) is 28.6 Å². The molecule has 3 nitrogen and oxygen atoms in total. The highest BCUT2D eigenvalue weighted by Gasteiger charge is 2.18. The number of halogens is 3. The van der Waals surface area contributed by atoms with Gasteiger partial charge in [-0.3, -0.25) is 4.79 Å². The van der Waals surface area contributed by atoms with E-state index < -0.39 is 11.6 Å². The second-order valence-electron chi connectivity index (χ2n) is 5.52. The van der Waals surface area contributed by atoms with Crippen molar-refractivity contribution in [3.63, 3.8) is 0 Å². The van der Waals surface area contributed by atoms with Crippen molar-refractivity contribution in [3.05, 3.63) is 58.2 Å². The first-order valence-corrected chi connectivity index (χ1v) is 7.85. The number of fused-ring (bicyclic) bond motifs is 1. The van der Waals surface area contributed by atoms with Crippen LogP contribution in [0.25, 0.3) is 22.0 Å². The van der Waals surface area contributed by atoms with E-state index in [1.54, 1.807) is 19.1 Å². The number of hydrogen-bond acceptors (Lipinski definition) is 1. The van der Waals surface area contributed by atoms with Crippen molar-refractivity contribution >= 4 is 28.4 Å². The molecular formula is C18H15ClF2N2O. The van der Waals surface area contributed by atoms with Crippen LogP contribution >= 0.6 is 11.6 Å². The summed E-state index contributed by atoms with van der Waals surface area (Å²) in [7, 11) is 0. The molecule has 6 heteroatoms. The highest BCUT2D eigenvalue weighted by Crippen LogP contribution is 2.35. The van der Waals surface area contributed by atoms with E-state index >= 15 is 0 Å². The molecular weight excluding hydrogens is 334 g/mol. The van der Waals surface area contributed by atoms with Gasteiger partial charge in [0.05, 0.1) is 5.52 Å². The van der Waals surface area contributed by atoms with E-state index in [0.717, 1.165) is 17.0 Å².